The molecule has 0 amide bonds. The molecular weight excluding hydrogens is 765 g/mol. The van der Waals surface area contributed by atoms with E-state index in [0.717, 1.165) is 77.1 Å². The number of nitrogens with zero attached hydrogens (tertiary/aromatic N) is 4. The second kappa shape index (κ2) is 16.6. The Morgan fingerprint density at radius 1 is 0.524 bits per heavy atom. The number of aryl methyl sites for hydroxylation is 1. The minimum atomic E-state index is 0.682. The van der Waals surface area contributed by atoms with E-state index in [2.05, 4.69) is 204 Å². The third-order valence-corrected chi connectivity index (χ3v) is 12.4. The van der Waals surface area contributed by atoms with E-state index in [1.54, 1.807) is 6.08 Å². The van der Waals surface area contributed by atoms with Crippen molar-refractivity contribution in [2.45, 2.75) is 32.1 Å². The van der Waals surface area contributed by atoms with Gasteiger partial charge in [0.2, 0.25) is 0 Å². The minimum Gasteiger partial charge on any atom is -0.313 e. The Labute approximate surface area is 368 Å². The van der Waals surface area contributed by atoms with Crippen LogP contribution in [0, 0.1) is 0 Å². The van der Waals surface area contributed by atoms with E-state index in [1.165, 1.54) is 55.4 Å². The van der Waals surface area contributed by atoms with Gasteiger partial charge in [0, 0.05) is 55.8 Å². The number of allylic oxidation sites excluding steroid dienone is 7. The van der Waals surface area contributed by atoms with Gasteiger partial charge in [-0.2, -0.15) is 0 Å². The first kappa shape index (κ1) is 38.1. The Bertz CT molecular complexity index is 3330. The SMILES string of the molecule is C=C/C=C\C=C/Cc1cccc(-c2cc(-c3cccc(-c4ccccc4)c3)nc(-c3cc(-n4c5c(c6ccccc64)CCC=C5)cc(-n4c5c(c6ccccc64)C=CCC5)c3)n2)c1. The number of para-hydroxylation sites is 2. The molecule has 9 aromatic rings. The Morgan fingerprint density at radius 2 is 1.19 bits per heavy atom. The molecule has 0 aliphatic heterocycles. The average Bonchev–Trinajstić information content (AvgIpc) is 3.87. The van der Waals surface area contributed by atoms with Crippen molar-refractivity contribution in [2.24, 2.45) is 0 Å². The highest BCUT2D eigenvalue weighted by molar-refractivity contribution is 5.94. The molecule has 11 rings (SSSR count). The monoisotopic (exact) mass is 810 g/mol. The summed E-state index contributed by atoms with van der Waals surface area (Å²) in [7, 11) is 0. The summed E-state index contributed by atoms with van der Waals surface area (Å²) in [6.45, 7) is 3.79. The number of hydrogen-bond acceptors (Lipinski definition) is 2. The molecule has 4 heteroatoms. The van der Waals surface area contributed by atoms with Crippen LogP contribution in [0.5, 0.6) is 0 Å². The zero-order valence-electron chi connectivity index (χ0n) is 35.2. The van der Waals surface area contributed by atoms with Crippen LogP contribution in [0.1, 0.15) is 40.9 Å². The van der Waals surface area contributed by atoms with Crippen molar-refractivity contribution in [1.82, 2.24) is 19.1 Å². The summed E-state index contributed by atoms with van der Waals surface area (Å²) in [6, 6.07) is 54.9. The topological polar surface area (TPSA) is 35.6 Å². The molecule has 3 aromatic heterocycles. The highest BCUT2D eigenvalue weighted by Gasteiger charge is 2.23. The zero-order chi connectivity index (χ0) is 42.1. The number of fused-ring (bicyclic) bond motifs is 6. The normalized spacial score (nSPS) is 13.3. The van der Waals surface area contributed by atoms with Crippen molar-refractivity contribution in [3.8, 4) is 56.4 Å². The van der Waals surface area contributed by atoms with E-state index in [9.17, 15) is 0 Å². The van der Waals surface area contributed by atoms with Crippen LogP contribution in [-0.2, 0) is 19.3 Å². The third kappa shape index (κ3) is 7.20. The maximum Gasteiger partial charge on any atom is 0.160 e. The van der Waals surface area contributed by atoms with Crippen molar-refractivity contribution in [2.75, 3.05) is 0 Å². The van der Waals surface area contributed by atoms with Crippen LogP contribution in [0.3, 0.4) is 0 Å². The molecule has 0 bridgehead atoms. The molecule has 4 nitrogen and oxygen atoms in total. The molecule has 0 radical (unpaired) electrons. The summed E-state index contributed by atoms with van der Waals surface area (Å²) >= 11 is 0. The molecule has 0 atom stereocenters. The van der Waals surface area contributed by atoms with Gasteiger partial charge >= 0.3 is 0 Å². The van der Waals surface area contributed by atoms with Gasteiger partial charge in [0.05, 0.1) is 22.4 Å². The maximum absolute atomic E-state index is 5.50. The molecule has 63 heavy (non-hydrogen) atoms. The molecule has 2 aliphatic carbocycles. The average molecular weight is 811 g/mol. The fourth-order valence-electron chi connectivity index (χ4n) is 9.56. The van der Waals surface area contributed by atoms with Crippen molar-refractivity contribution >= 4 is 34.0 Å². The Balaban J connectivity index is 1.16. The van der Waals surface area contributed by atoms with Crippen LogP contribution in [0.15, 0.2) is 201 Å². The van der Waals surface area contributed by atoms with Gasteiger partial charge < -0.3 is 9.13 Å². The second-order valence-corrected chi connectivity index (χ2v) is 16.4. The van der Waals surface area contributed by atoms with Crippen LogP contribution < -0.4 is 0 Å². The van der Waals surface area contributed by atoms with Gasteiger partial charge in [-0.1, -0.05) is 158 Å². The lowest BCUT2D eigenvalue weighted by Crippen LogP contribution is -2.07. The molecule has 2 aliphatic rings. The van der Waals surface area contributed by atoms with Gasteiger partial charge in [0.1, 0.15) is 0 Å². The van der Waals surface area contributed by atoms with Crippen LogP contribution in [0.2, 0.25) is 0 Å². The highest BCUT2D eigenvalue weighted by Crippen LogP contribution is 2.40. The summed E-state index contributed by atoms with van der Waals surface area (Å²) in [5, 5.41) is 2.58. The quantitative estimate of drug-likeness (QED) is 0.129. The molecule has 3 heterocycles. The van der Waals surface area contributed by atoms with Gasteiger partial charge in [0.15, 0.2) is 5.82 Å². The first-order valence-corrected chi connectivity index (χ1v) is 22.0. The first-order valence-electron chi connectivity index (χ1n) is 22.0. The Kier molecular flexibility index (Phi) is 10.0. The van der Waals surface area contributed by atoms with Gasteiger partial charge in [0.25, 0.3) is 0 Å². The predicted octanol–water partition coefficient (Wildman–Crippen LogP) is 14.8. The van der Waals surface area contributed by atoms with Gasteiger partial charge in [-0.3, -0.25) is 0 Å². The lowest BCUT2D eigenvalue weighted by molar-refractivity contribution is 0.887. The standard InChI is InChI=1S/C59H46N4/c1-2-3-4-5-7-20-41-21-18-25-44(35-41)53-40-54(45-26-19-24-43(36-45)42-22-8-6-9-23-42)61-59(60-53)46-37-47(62-55-31-14-10-27-49(55)50-28-11-15-32-56(50)62)39-48(38-46)63-57-33-16-12-29-51(57)52-30-13-17-34-58(52)63/h2-12,14,16-19,21-29,31,33-40H,1,13,15,20,30,32H2/b4-3-,7-5-. The Hall–Kier alpha value is -7.82. The van der Waals surface area contributed by atoms with Gasteiger partial charge in [-0.05, 0) is 109 Å². The Morgan fingerprint density at radius 3 is 2.02 bits per heavy atom. The summed E-state index contributed by atoms with van der Waals surface area (Å²) in [5.74, 6) is 0.682. The van der Waals surface area contributed by atoms with Crippen molar-refractivity contribution in [1.29, 1.82) is 0 Å². The van der Waals surface area contributed by atoms with E-state index in [-0.39, 0.29) is 0 Å². The van der Waals surface area contributed by atoms with E-state index < -0.39 is 0 Å². The number of hydrogen-bond donors (Lipinski definition) is 0. The third-order valence-electron chi connectivity index (χ3n) is 12.4. The van der Waals surface area contributed by atoms with Crippen LogP contribution in [0.25, 0.3) is 90.4 Å². The molecular formula is C59H46N4. The summed E-state index contributed by atoms with van der Waals surface area (Å²) < 4.78 is 4.95. The lowest BCUT2D eigenvalue weighted by atomic mass is 10.00. The maximum atomic E-state index is 5.50. The van der Waals surface area contributed by atoms with Crippen LogP contribution in [0.4, 0.5) is 0 Å². The van der Waals surface area contributed by atoms with Crippen LogP contribution >= 0.6 is 0 Å². The van der Waals surface area contributed by atoms with Gasteiger partial charge in [-0.15, -0.1) is 0 Å². The van der Waals surface area contributed by atoms with E-state index in [4.69, 9.17) is 9.97 Å². The van der Waals surface area contributed by atoms with Gasteiger partial charge in [-0.25, -0.2) is 9.97 Å². The fraction of sp³-hybridized carbons (Fsp3) is 0.0847. The predicted molar refractivity (Wildman–Crippen MR) is 264 cm³/mol. The van der Waals surface area contributed by atoms with Crippen molar-refractivity contribution in [3.05, 3.63) is 229 Å². The van der Waals surface area contributed by atoms with E-state index >= 15 is 0 Å². The molecule has 0 unspecified atom stereocenters. The van der Waals surface area contributed by atoms with Crippen molar-refractivity contribution in [3.63, 3.8) is 0 Å². The molecule has 0 spiro atoms. The molecule has 0 fully saturated rings. The largest absolute Gasteiger partial charge is 0.313 e. The van der Waals surface area contributed by atoms with E-state index in [1.807, 2.05) is 12.2 Å². The second-order valence-electron chi connectivity index (χ2n) is 16.4. The first-order chi connectivity index (χ1) is 31.2. The molecule has 6 aromatic carbocycles. The van der Waals surface area contributed by atoms with Crippen LogP contribution in [-0.4, -0.2) is 19.1 Å². The lowest BCUT2D eigenvalue weighted by Gasteiger charge is -2.19. The summed E-state index contributed by atoms with van der Waals surface area (Å²) in [6.07, 6.45) is 24.1. The van der Waals surface area contributed by atoms with E-state index in [0.29, 0.717) is 5.82 Å². The molecule has 0 N–H and O–H groups in total. The minimum absolute atomic E-state index is 0.682. The zero-order valence-corrected chi connectivity index (χ0v) is 35.2. The molecule has 0 saturated carbocycles. The van der Waals surface area contributed by atoms with Crippen molar-refractivity contribution < 1.29 is 0 Å². The number of rotatable bonds is 10. The summed E-state index contributed by atoms with van der Waals surface area (Å²) in [5.41, 5.74) is 18.2. The number of aromatic nitrogens is 4. The molecule has 302 valence electrons. The fourth-order valence-corrected chi connectivity index (χ4v) is 9.56. The smallest absolute Gasteiger partial charge is 0.160 e. The molecule has 0 saturated heterocycles. The summed E-state index contributed by atoms with van der Waals surface area (Å²) in [4.78, 5) is 11.0. The number of benzene rings is 6. The highest BCUT2D eigenvalue weighted by atomic mass is 15.0.